The lowest BCUT2D eigenvalue weighted by molar-refractivity contribution is -0.137. The van der Waals surface area contributed by atoms with Gasteiger partial charge >= 0.3 is 5.97 Å². The molecule has 0 saturated carbocycles. The standard InChI is InChI=1S/C20H20O5S3/c1-25-14-5-4-13-10-17(26-16(13)11-14)15-6-7-18(27-15)20(12-19(21)22)8-2-3-9-28(20,23)24/h4-7,10-11H,2-3,8-9,12H2,1H3,(H,21,22)/t20-/m0/s1. The van der Waals surface area contributed by atoms with Gasteiger partial charge in [-0.1, -0.05) is 6.42 Å². The summed E-state index contributed by atoms with van der Waals surface area (Å²) in [6.45, 7) is 0. The summed E-state index contributed by atoms with van der Waals surface area (Å²) in [6, 6.07) is 11.7. The number of thiophene rings is 2. The maximum absolute atomic E-state index is 12.9. The Hall–Kier alpha value is -1.90. The molecule has 2 aromatic heterocycles. The number of hydrogen-bond acceptors (Lipinski definition) is 6. The van der Waals surface area contributed by atoms with Crippen molar-refractivity contribution < 1.29 is 23.1 Å². The van der Waals surface area contributed by atoms with Crippen LogP contribution in [0.1, 0.15) is 30.6 Å². The zero-order valence-corrected chi connectivity index (χ0v) is 17.8. The van der Waals surface area contributed by atoms with E-state index in [1.165, 1.54) is 11.3 Å². The molecule has 28 heavy (non-hydrogen) atoms. The molecule has 0 unspecified atom stereocenters. The van der Waals surface area contributed by atoms with Crippen LogP contribution < -0.4 is 4.74 Å². The van der Waals surface area contributed by atoms with Crippen LogP contribution in [0.15, 0.2) is 36.4 Å². The maximum atomic E-state index is 12.9. The van der Waals surface area contributed by atoms with Gasteiger partial charge in [-0.25, -0.2) is 8.42 Å². The molecule has 3 heterocycles. The van der Waals surface area contributed by atoms with Crippen molar-refractivity contribution in [2.75, 3.05) is 12.9 Å². The van der Waals surface area contributed by atoms with Crippen molar-refractivity contribution in [3.63, 3.8) is 0 Å². The zero-order valence-electron chi connectivity index (χ0n) is 15.3. The molecule has 3 aromatic rings. The van der Waals surface area contributed by atoms with Crippen LogP contribution in [-0.4, -0.2) is 32.4 Å². The molecule has 0 amide bonds. The first kappa shape index (κ1) is 19.4. The van der Waals surface area contributed by atoms with Crippen LogP contribution in [0, 0.1) is 0 Å². The van der Waals surface area contributed by atoms with E-state index < -0.39 is 20.6 Å². The number of benzene rings is 1. The number of hydrogen-bond donors (Lipinski definition) is 1. The van der Waals surface area contributed by atoms with E-state index in [9.17, 15) is 18.3 Å². The zero-order chi connectivity index (χ0) is 19.9. The molecule has 0 aliphatic carbocycles. The monoisotopic (exact) mass is 436 g/mol. The van der Waals surface area contributed by atoms with Crippen LogP contribution in [0.3, 0.4) is 0 Å². The Labute approximate surface area is 171 Å². The summed E-state index contributed by atoms with van der Waals surface area (Å²) in [5.74, 6) is -0.230. The van der Waals surface area contributed by atoms with Gasteiger partial charge in [-0.05, 0) is 54.6 Å². The minimum atomic E-state index is -3.52. The highest BCUT2D eigenvalue weighted by Gasteiger charge is 2.49. The van der Waals surface area contributed by atoms with Crippen molar-refractivity contribution in [3.05, 3.63) is 41.3 Å². The van der Waals surface area contributed by atoms with E-state index in [2.05, 4.69) is 6.07 Å². The van der Waals surface area contributed by atoms with Gasteiger partial charge < -0.3 is 9.84 Å². The molecule has 1 fully saturated rings. The minimum Gasteiger partial charge on any atom is -0.497 e. The lowest BCUT2D eigenvalue weighted by Crippen LogP contribution is -2.41. The van der Waals surface area contributed by atoms with Crippen molar-refractivity contribution in [2.24, 2.45) is 0 Å². The summed E-state index contributed by atoms with van der Waals surface area (Å²) in [6.07, 6.45) is 1.31. The number of carboxylic acid groups (broad SMARTS) is 1. The Bertz CT molecular complexity index is 1140. The summed E-state index contributed by atoms with van der Waals surface area (Å²) in [5.41, 5.74) is 0. The van der Waals surface area contributed by atoms with E-state index in [1.54, 1.807) is 24.5 Å². The number of fused-ring (bicyclic) bond motifs is 1. The molecule has 1 N–H and O–H groups in total. The SMILES string of the molecule is COc1ccc2cc(-c3ccc([C@@]4(CC(=O)O)CCCCS4(=O)=O)s3)sc2c1. The summed E-state index contributed by atoms with van der Waals surface area (Å²) in [4.78, 5) is 14.2. The first-order valence-electron chi connectivity index (χ1n) is 8.97. The largest absolute Gasteiger partial charge is 0.497 e. The number of rotatable bonds is 5. The topological polar surface area (TPSA) is 80.7 Å². The van der Waals surface area contributed by atoms with Crippen LogP contribution in [0.25, 0.3) is 19.8 Å². The Morgan fingerprint density at radius 3 is 2.68 bits per heavy atom. The number of methoxy groups -OCH3 is 1. The Balaban J connectivity index is 1.78. The normalized spacial score (nSPS) is 21.6. The van der Waals surface area contributed by atoms with E-state index in [-0.39, 0.29) is 12.2 Å². The fourth-order valence-electron chi connectivity index (χ4n) is 3.83. The molecule has 0 radical (unpaired) electrons. The summed E-state index contributed by atoms with van der Waals surface area (Å²) in [7, 11) is -1.89. The van der Waals surface area contributed by atoms with Gasteiger partial charge in [0.05, 0.1) is 19.3 Å². The second-order valence-electron chi connectivity index (χ2n) is 7.02. The molecule has 1 aliphatic rings. The van der Waals surface area contributed by atoms with Gasteiger partial charge in [-0.2, -0.15) is 0 Å². The van der Waals surface area contributed by atoms with Gasteiger partial charge in [0, 0.05) is 19.3 Å². The number of carboxylic acids is 1. The van der Waals surface area contributed by atoms with E-state index in [0.717, 1.165) is 32.0 Å². The van der Waals surface area contributed by atoms with Crippen molar-refractivity contribution in [3.8, 4) is 15.5 Å². The lowest BCUT2D eigenvalue weighted by Gasteiger charge is -2.34. The second kappa shape index (κ2) is 7.17. The van der Waals surface area contributed by atoms with Crippen molar-refractivity contribution in [1.29, 1.82) is 0 Å². The highest BCUT2D eigenvalue weighted by molar-refractivity contribution is 7.92. The van der Waals surface area contributed by atoms with Gasteiger partial charge in [0.15, 0.2) is 9.84 Å². The Kier molecular flexibility index (Phi) is 4.97. The average Bonchev–Trinajstić information content (AvgIpc) is 3.29. The third-order valence-electron chi connectivity index (χ3n) is 5.30. The smallest absolute Gasteiger partial charge is 0.305 e. The maximum Gasteiger partial charge on any atom is 0.305 e. The molecule has 0 bridgehead atoms. The van der Waals surface area contributed by atoms with Gasteiger partial charge in [-0.15, -0.1) is 22.7 Å². The summed E-state index contributed by atoms with van der Waals surface area (Å²) in [5, 5.41) is 10.5. The summed E-state index contributed by atoms with van der Waals surface area (Å²) < 4.78 is 30.9. The average molecular weight is 437 g/mol. The number of carbonyl (C=O) groups is 1. The highest BCUT2D eigenvalue weighted by atomic mass is 32.2. The van der Waals surface area contributed by atoms with E-state index in [4.69, 9.17) is 4.74 Å². The first-order chi connectivity index (χ1) is 13.3. The van der Waals surface area contributed by atoms with Gasteiger partial charge in [0.1, 0.15) is 10.5 Å². The fourth-order valence-corrected chi connectivity index (χ4v) is 8.78. The van der Waals surface area contributed by atoms with Gasteiger partial charge in [-0.3, -0.25) is 4.79 Å². The first-order valence-corrected chi connectivity index (χ1v) is 12.3. The van der Waals surface area contributed by atoms with Crippen LogP contribution >= 0.6 is 22.7 Å². The minimum absolute atomic E-state index is 0.0518. The van der Waals surface area contributed by atoms with E-state index in [0.29, 0.717) is 17.7 Å². The second-order valence-corrected chi connectivity index (χ2v) is 11.6. The predicted octanol–water partition coefficient (Wildman–Crippen LogP) is 4.91. The molecular formula is C20H20O5S3. The molecule has 8 heteroatoms. The highest BCUT2D eigenvalue weighted by Crippen LogP contribution is 2.48. The van der Waals surface area contributed by atoms with Crippen molar-refractivity contribution in [1.82, 2.24) is 0 Å². The third kappa shape index (κ3) is 3.23. The van der Waals surface area contributed by atoms with E-state index in [1.807, 2.05) is 24.3 Å². The number of sulfone groups is 1. The third-order valence-corrected chi connectivity index (χ3v) is 10.6. The van der Waals surface area contributed by atoms with Gasteiger partial charge in [0.2, 0.25) is 0 Å². The molecular weight excluding hydrogens is 416 g/mol. The van der Waals surface area contributed by atoms with Crippen LogP contribution in [0.2, 0.25) is 0 Å². The number of ether oxygens (including phenoxy) is 1. The predicted molar refractivity (Wildman–Crippen MR) is 113 cm³/mol. The molecule has 1 atom stereocenters. The lowest BCUT2D eigenvalue weighted by atomic mass is 9.95. The van der Waals surface area contributed by atoms with Crippen molar-refractivity contribution in [2.45, 2.75) is 30.4 Å². The molecule has 5 nitrogen and oxygen atoms in total. The van der Waals surface area contributed by atoms with Gasteiger partial charge in [0.25, 0.3) is 0 Å². The number of aliphatic carboxylic acids is 1. The molecule has 0 spiro atoms. The molecule has 1 aliphatic heterocycles. The van der Waals surface area contributed by atoms with E-state index >= 15 is 0 Å². The molecule has 1 saturated heterocycles. The van der Waals surface area contributed by atoms with Crippen LogP contribution in [0.4, 0.5) is 0 Å². The molecule has 1 aromatic carbocycles. The fraction of sp³-hybridized carbons (Fsp3) is 0.350. The Morgan fingerprint density at radius 2 is 1.96 bits per heavy atom. The van der Waals surface area contributed by atoms with Crippen LogP contribution in [0.5, 0.6) is 5.75 Å². The van der Waals surface area contributed by atoms with Crippen molar-refractivity contribution >= 4 is 48.6 Å². The Morgan fingerprint density at radius 1 is 1.14 bits per heavy atom. The van der Waals surface area contributed by atoms with Crippen LogP contribution in [-0.2, 0) is 19.4 Å². The molecule has 148 valence electrons. The molecule has 4 rings (SSSR count). The quantitative estimate of drug-likeness (QED) is 0.615. The summed E-state index contributed by atoms with van der Waals surface area (Å²) >= 11 is 3.01.